The summed E-state index contributed by atoms with van der Waals surface area (Å²) >= 11 is 0. The zero-order valence-electron chi connectivity index (χ0n) is 11.9. The minimum absolute atomic E-state index is 0.0994. The molecule has 1 atom stereocenters. The van der Waals surface area contributed by atoms with Crippen molar-refractivity contribution in [3.05, 3.63) is 42.0 Å². The summed E-state index contributed by atoms with van der Waals surface area (Å²) in [6, 6.07) is 4.54. The Balaban J connectivity index is 2.13. The van der Waals surface area contributed by atoms with Gasteiger partial charge in [0.2, 0.25) is 0 Å². The second-order valence-corrected chi connectivity index (χ2v) is 4.76. The van der Waals surface area contributed by atoms with Crippen LogP contribution < -0.4 is 5.32 Å². The molecule has 0 fully saturated rings. The highest BCUT2D eigenvalue weighted by molar-refractivity contribution is 5.30. The van der Waals surface area contributed by atoms with Crippen LogP contribution in [0.1, 0.15) is 37.7 Å². The zero-order valence-corrected chi connectivity index (χ0v) is 11.9. The first-order chi connectivity index (χ1) is 9.91. The molecular formula is C14H17F3N4. The van der Waals surface area contributed by atoms with Gasteiger partial charge >= 0.3 is 6.18 Å². The van der Waals surface area contributed by atoms with Gasteiger partial charge in [-0.05, 0) is 38.1 Å². The fourth-order valence-corrected chi connectivity index (χ4v) is 1.87. The number of aromatic nitrogens is 3. The molecule has 2 aromatic heterocycles. The lowest BCUT2D eigenvalue weighted by Crippen LogP contribution is -2.20. The van der Waals surface area contributed by atoms with Crippen LogP contribution in [0.4, 0.5) is 13.2 Å². The number of nitrogens with zero attached hydrogens (tertiary/aromatic N) is 3. The largest absolute Gasteiger partial charge is 0.435 e. The number of hydrogen-bond donors (Lipinski definition) is 1. The van der Waals surface area contributed by atoms with Crippen LogP contribution in [0.25, 0.3) is 5.69 Å². The third kappa shape index (κ3) is 3.81. The van der Waals surface area contributed by atoms with Gasteiger partial charge in [-0.3, -0.25) is 4.98 Å². The second-order valence-electron chi connectivity index (χ2n) is 4.76. The third-order valence-electron chi connectivity index (χ3n) is 3.06. The Morgan fingerprint density at radius 2 is 2.05 bits per heavy atom. The van der Waals surface area contributed by atoms with Gasteiger partial charge < -0.3 is 5.32 Å². The van der Waals surface area contributed by atoms with E-state index in [9.17, 15) is 13.2 Å². The van der Waals surface area contributed by atoms with Crippen molar-refractivity contribution in [1.29, 1.82) is 0 Å². The molecule has 4 nitrogen and oxygen atoms in total. The highest BCUT2D eigenvalue weighted by Gasteiger charge is 2.33. The van der Waals surface area contributed by atoms with Gasteiger partial charge in [-0.2, -0.15) is 18.3 Å². The highest BCUT2D eigenvalue weighted by atomic mass is 19.4. The van der Waals surface area contributed by atoms with Gasteiger partial charge in [0.25, 0.3) is 0 Å². The highest BCUT2D eigenvalue weighted by Crippen LogP contribution is 2.27. The molecule has 0 radical (unpaired) electrons. The van der Waals surface area contributed by atoms with E-state index in [1.165, 1.54) is 17.1 Å². The molecule has 2 aromatic rings. The predicted molar refractivity (Wildman–Crippen MR) is 73.1 cm³/mol. The number of alkyl halides is 3. The molecule has 2 rings (SSSR count). The summed E-state index contributed by atoms with van der Waals surface area (Å²) < 4.78 is 38.7. The van der Waals surface area contributed by atoms with E-state index < -0.39 is 11.9 Å². The maximum Gasteiger partial charge on any atom is 0.435 e. The number of pyridine rings is 1. The van der Waals surface area contributed by atoms with Gasteiger partial charge in [-0.15, -0.1) is 0 Å². The Labute approximate surface area is 121 Å². The normalized spacial score (nSPS) is 13.4. The van der Waals surface area contributed by atoms with E-state index in [4.69, 9.17) is 0 Å². The van der Waals surface area contributed by atoms with E-state index in [2.05, 4.69) is 22.3 Å². The van der Waals surface area contributed by atoms with Crippen LogP contribution in [0, 0.1) is 0 Å². The van der Waals surface area contributed by atoms with Crippen LogP contribution in [-0.2, 0) is 6.18 Å². The lowest BCUT2D eigenvalue weighted by molar-refractivity contribution is -0.141. The monoisotopic (exact) mass is 298 g/mol. The molecule has 21 heavy (non-hydrogen) atoms. The van der Waals surface area contributed by atoms with Crippen molar-refractivity contribution in [2.75, 3.05) is 6.54 Å². The smallest absolute Gasteiger partial charge is 0.309 e. The molecule has 0 saturated carbocycles. The summed E-state index contributed by atoms with van der Waals surface area (Å²) in [5.41, 5.74) is 0.428. The summed E-state index contributed by atoms with van der Waals surface area (Å²) in [4.78, 5) is 4.27. The number of rotatable bonds is 5. The zero-order chi connectivity index (χ0) is 15.5. The van der Waals surface area contributed by atoms with E-state index in [-0.39, 0.29) is 6.04 Å². The van der Waals surface area contributed by atoms with Gasteiger partial charge in [-0.1, -0.05) is 6.92 Å². The van der Waals surface area contributed by atoms with Crippen molar-refractivity contribution in [2.24, 2.45) is 0 Å². The minimum Gasteiger partial charge on any atom is -0.309 e. The van der Waals surface area contributed by atoms with Gasteiger partial charge in [0.05, 0.1) is 17.6 Å². The van der Waals surface area contributed by atoms with Crippen molar-refractivity contribution >= 4 is 0 Å². The second kappa shape index (κ2) is 6.26. The minimum atomic E-state index is -4.43. The summed E-state index contributed by atoms with van der Waals surface area (Å²) in [6.07, 6.45) is -0.613. The fourth-order valence-electron chi connectivity index (χ4n) is 1.87. The predicted octanol–water partition coefficient (Wildman–Crippen LogP) is 3.35. The molecule has 7 heteroatoms. The molecule has 0 spiro atoms. The van der Waals surface area contributed by atoms with Gasteiger partial charge in [-0.25, -0.2) is 4.68 Å². The van der Waals surface area contributed by atoms with Crippen molar-refractivity contribution in [3.8, 4) is 5.69 Å². The lowest BCUT2D eigenvalue weighted by Gasteiger charge is -2.12. The number of hydrogen-bond acceptors (Lipinski definition) is 3. The quantitative estimate of drug-likeness (QED) is 0.920. The van der Waals surface area contributed by atoms with E-state index in [0.717, 1.165) is 24.7 Å². The SMILES string of the molecule is CCCNC(C)c1ccc(-n2ccc(C(F)(F)F)n2)cn1. The van der Waals surface area contributed by atoms with Crippen LogP contribution >= 0.6 is 0 Å². The molecule has 0 aliphatic heterocycles. The maximum atomic E-state index is 12.5. The molecule has 2 heterocycles. The summed E-state index contributed by atoms with van der Waals surface area (Å²) in [7, 11) is 0. The van der Waals surface area contributed by atoms with Crippen molar-refractivity contribution in [1.82, 2.24) is 20.1 Å². The Morgan fingerprint density at radius 3 is 2.57 bits per heavy atom. The maximum absolute atomic E-state index is 12.5. The Morgan fingerprint density at radius 1 is 1.29 bits per heavy atom. The van der Waals surface area contributed by atoms with Crippen LogP contribution in [0.5, 0.6) is 0 Å². The van der Waals surface area contributed by atoms with E-state index in [1.54, 1.807) is 12.1 Å². The summed E-state index contributed by atoms with van der Waals surface area (Å²) in [5.74, 6) is 0. The van der Waals surface area contributed by atoms with Crippen molar-refractivity contribution in [3.63, 3.8) is 0 Å². The molecule has 0 aromatic carbocycles. The molecule has 0 bridgehead atoms. The van der Waals surface area contributed by atoms with E-state index >= 15 is 0 Å². The first kappa shape index (κ1) is 15.5. The summed E-state index contributed by atoms with van der Waals surface area (Å²) in [6.45, 7) is 4.96. The first-order valence-electron chi connectivity index (χ1n) is 6.74. The Bertz CT molecular complexity index is 575. The topological polar surface area (TPSA) is 42.7 Å². The van der Waals surface area contributed by atoms with Crippen LogP contribution in [0.15, 0.2) is 30.6 Å². The van der Waals surface area contributed by atoms with E-state index in [0.29, 0.717) is 5.69 Å². The van der Waals surface area contributed by atoms with Crippen LogP contribution in [0.3, 0.4) is 0 Å². The third-order valence-corrected chi connectivity index (χ3v) is 3.06. The molecule has 1 unspecified atom stereocenters. The van der Waals surface area contributed by atoms with Gasteiger partial charge in [0.1, 0.15) is 0 Å². The Kier molecular flexibility index (Phi) is 4.62. The average Bonchev–Trinajstić information content (AvgIpc) is 2.95. The molecule has 1 N–H and O–H groups in total. The summed E-state index contributed by atoms with van der Waals surface area (Å²) in [5, 5.41) is 6.81. The number of nitrogens with one attached hydrogen (secondary N) is 1. The molecule has 0 aliphatic rings. The molecule has 114 valence electrons. The Hall–Kier alpha value is -1.89. The average molecular weight is 298 g/mol. The molecular weight excluding hydrogens is 281 g/mol. The lowest BCUT2D eigenvalue weighted by atomic mass is 10.2. The van der Waals surface area contributed by atoms with E-state index in [1.807, 2.05) is 6.92 Å². The molecule has 0 saturated heterocycles. The van der Waals surface area contributed by atoms with Gasteiger partial charge in [0.15, 0.2) is 5.69 Å². The molecule has 0 amide bonds. The fraction of sp³-hybridized carbons (Fsp3) is 0.429. The standard InChI is InChI=1S/C14H17F3N4/c1-3-7-18-10(2)12-5-4-11(9-19-12)21-8-6-13(20-21)14(15,16)17/h4-6,8-10,18H,3,7H2,1-2H3. The van der Waals surface area contributed by atoms with Gasteiger partial charge in [0, 0.05) is 12.2 Å². The van der Waals surface area contributed by atoms with Crippen molar-refractivity contribution < 1.29 is 13.2 Å². The number of halogens is 3. The van der Waals surface area contributed by atoms with Crippen LogP contribution in [0.2, 0.25) is 0 Å². The van der Waals surface area contributed by atoms with Crippen LogP contribution in [-0.4, -0.2) is 21.3 Å². The molecule has 0 aliphatic carbocycles. The van der Waals surface area contributed by atoms with Crippen molar-refractivity contribution in [2.45, 2.75) is 32.5 Å². The first-order valence-corrected chi connectivity index (χ1v) is 6.74.